The molecule has 1 aromatic heterocycles. The van der Waals surface area contributed by atoms with E-state index >= 15 is 0 Å². The zero-order valence-electron chi connectivity index (χ0n) is 12.2. The van der Waals surface area contributed by atoms with Gasteiger partial charge in [-0.3, -0.25) is 9.78 Å². The van der Waals surface area contributed by atoms with E-state index < -0.39 is 0 Å². The molecule has 0 bridgehead atoms. The van der Waals surface area contributed by atoms with Gasteiger partial charge in [-0.15, -0.1) is 0 Å². The first-order valence-electron chi connectivity index (χ1n) is 7.22. The quantitative estimate of drug-likeness (QED) is 0.793. The van der Waals surface area contributed by atoms with Gasteiger partial charge in [-0.1, -0.05) is 24.8 Å². The highest BCUT2D eigenvalue weighted by atomic mass is 16.2. The van der Waals surface area contributed by atoms with Gasteiger partial charge < -0.3 is 9.80 Å². The Kier molecular flexibility index (Phi) is 3.60. The number of carbonyl (C=O) groups is 1. The predicted octanol–water partition coefficient (Wildman–Crippen LogP) is 2.38. The molecule has 1 amide bonds. The van der Waals surface area contributed by atoms with Gasteiger partial charge in [-0.2, -0.15) is 0 Å². The number of fused-ring (bicyclic) bond motifs is 1. The molecule has 2 aromatic rings. The maximum Gasteiger partial charge on any atom is 0.246 e. The molecule has 1 aromatic carbocycles. The van der Waals surface area contributed by atoms with Crippen molar-refractivity contribution < 1.29 is 4.79 Å². The van der Waals surface area contributed by atoms with E-state index in [-0.39, 0.29) is 5.91 Å². The summed E-state index contributed by atoms with van der Waals surface area (Å²) in [5.74, 6) is 0.0189. The van der Waals surface area contributed by atoms with E-state index in [1.165, 1.54) is 17.1 Å². The minimum atomic E-state index is 0.0189. The van der Waals surface area contributed by atoms with Crippen molar-refractivity contribution in [2.45, 2.75) is 6.92 Å². The van der Waals surface area contributed by atoms with Gasteiger partial charge in [-0.25, -0.2) is 0 Å². The van der Waals surface area contributed by atoms with Crippen LogP contribution in [-0.2, 0) is 4.79 Å². The van der Waals surface area contributed by atoms with E-state index in [4.69, 9.17) is 0 Å². The van der Waals surface area contributed by atoms with Crippen LogP contribution in [0.3, 0.4) is 0 Å². The summed E-state index contributed by atoms with van der Waals surface area (Å²) in [6.45, 7) is 8.73. The van der Waals surface area contributed by atoms with Crippen molar-refractivity contribution in [1.29, 1.82) is 0 Å². The molecule has 1 aliphatic heterocycles. The van der Waals surface area contributed by atoms with Crippen LogP contribution < -0.4 is 4.90 Å². The molecule has 3 rings (SSSR count). The van der Waals surface area contributed by atoms with Crippen LogP contribution in [0.5, 0.6) is 0 Å². The normalized spacial score (nSPS) is 15.3. The minimum absolute atomic E-state index is 0.0189. The third kappa shape index (κ3) is 2.61. The number of carbonyl (C=O) groups excluding carboxylic acids is 1. The van der Waals surface area contributed by atoms with Gasteiger partial charge in [0.15, 0.2) is 0 Å². The van der Waals surface area contributed by atoms with E-state index in [1.54, 1.807) is 0 Å². The van der Waals surface area contributed by atoms with Crippen molar-refractivity contribution in [3.63, 3.8) is 0 Å². The summed E-state index contributed by atoms with van der Waals surface area (Å²) in [6, 6.07) is 10.3. The highest BCUT2D eigenvalue weighted by molar-refractivity contribution is 5.92. The molecular weight excluding hydrogens is 262 g/mol. The molecule has 2 heterocycles. The summed E-state index contributed by atoms with van der Waals surface area (Å²) in [5.41, 5.74) is 3.26. The standard InChI is InChI=1S/C17H19N3O/c1-3-17(21)20-10-8-19(9-11-20)16-12-13(2)18-15-7-5-4-6-14(15)16/h3-7,12H,1,8-11H2,2H3. The average Bonchev–Trinajstić information content (AvgIpc) is 2.53. The minimum Gasteiger partial charge on any atom is -0.367 e. The number of amides is 1. The first-order chi connectivity index (χ1) is 10.2. The van der Waals surface area contributed by atoms with Crippen LogP contribution in [0.2, 0.25) is 0 Å². The zero-order chi connectivity index (χ0) is 14.8. The number of hydrogen-bond acceptors (Lipinski definition) is 3. The van der Waals surface area contributed by atoms with Crippen molar-refractivity contribution in [2.24, 2.45) is 0 Å². The molecule has 0 unspecified atom stereocenters. The fourth-order valence-electron chi connectivity index (χ4n) is 2.84. The molecule has 0 saturated carbocycles. The van der Waals surface area contributed by atoms with Crippen molar-refractivity contribution in [1.82, 2.24) is 9.88 Å². The summed E-state index contributed by atoms with van der Waals surface area (Å²) in [5, 5.41) is 1.17. The second-order valence-electron chi connectivity index (χ2n) is 5.32. The smallest absolute Gasteiger partial charge is 0.246 e. The van der Waals surface area contributed by atoms with E-state index in [1.807, 2.05) is 30.0 Å². The lowest BCUT2D eigenvalue weighted by atomic mass is 10.1. The lowest BCUT2D eigenvalue weighted by Gasteiger charge is -2.36. The number of nitrogens with zero attached hydrogens (tertiary/aromatic N) is 3. The van der Waals surface area contributed by atoms with E-state index in [2.05, 4.69) is 28.6 Å². The molecule has 0 radical (unpaired) electrons. The first kappa shape index (κ1) is 13.6. The third-order valence-electron chi connectivity index (χ3n) is 3.93. The molecule has 0 spiro atoms. The van der Waals surface area contributed by atoms with Crippen LogP contribution >= 0.6 is 0 Å². The Morgan fingerprint density at radius 3 is 2.67 bits per heavy atom. The molecular formula is C17H19N3O. The zero-order valence-corrected chi connectivity index (χ0v) is 12.2. The number of aryl methyl sites for hydroxylation is 1. The Morgan fingerprint density at radius 2 is 1.95 bits per heavy atom. The first-order valence-corrected chi connectivity index (χ1v) is 7.22. The van der Waals surface area contributed by atoms with Crippen LogP contribution in [0.1, 0.15) is 5.69 Å². The lowest BCUT2D eigenvalue weighted by Crippen LogP contribution is -2.48. The Labute approximate surface area is 124 Å². The number of aromatic nitrogens is 1. The van der Waals surface area contributed by atoms with Crippen molar-refractivity contribution in [3.8, 4) is 0 Å². The van der Waals surface area contributed by atoms with Crippen LogP contribution in [-0.4, -0.2) is 42.0 Å². The number of pyridine rings is 1. The third-order valence-corrected chi connectivity index (χ3v) is 3.93. The molecule has 0 N–H and O–H groups in total. The van der Waals surface area contributed by atoms with E-state index in [0.717, 1.165) is 37.4 Å². The van der Waals surface area contributed by atoms with E-state index in [9.17, 15) is 4.79 Å². The van der Waals surface area contributed by atoms with Crippen LogP contribution in [0, 0.1) is 6.92 Å². The number of para-hydroxylation sites is 1. The van der Waals surface area contributed by atoms with Gasteiger partial charge in [-0.05, 0) is 25.1 Å². The van der Waals surface area contributed by atoms with Gasteiger partial charge in [0.05, 0.1) is 5.52 Å². The second kappa shape index (κ2) is 5.56. The maximum absolute atomic E-state index is 11.7. The molecule has 0 atom stereocenters. The molecule has 1 aliphatic rings. The number of rotatable bonds is 2. The molecule has 0 aliphatic carbocycles. The molecule has 1 fully saturated rings. The molecule has 1 saturated heterocycles. The van der Waals surface area contributed by atoms with Gasteiger partial charge in [0.2, 0.25) is 5.91 Å². The Balaban J connectivity index is 1.89. The second-order valence-corrected chi connectivity index (χ2v) is 5.32. The Bertz CT molecular complexity index is 687. The lowest BCUT2D eigenvalue weighted by molar-refractivity contribution is -0.126. The Hall–Kier alpha value is -2.36. The molecule has 21 heavy (non-hydrogen) atoms. The van der Waals surface area contributed by atoms with Crippen molar-refractivity contribution in [3.05, 3.63) is 48.7 Å². The van der Waals surface area contributed by atoms with Gasteiger partial charge >= 0.3 is 0 Å². The summed E-state index contributed by atoms with van der Waals surface area (Å²) in [4.78, 5) is 20.4. The average molecular weight is 281 g/mol. The summed E-state index contributed by atoms with van der Waals surface area (Å²) in [6.07, 6.45) is 1.39. The highest BCUT2D eigenvalue weighted by Crippen LogP contribution is 2.27. The fourth-order valence-corrected chi connectivity index (χ4v) is 2.84. The number of benzene rings is 1. The molecule has 4 heteroatoms. The largest absolute Gasteiger partial charge is 0.367 e. The highest BCUT2D eigenvalue weighted by Gasteiger charge is 2.21. The monoisotopic (exact) mass is 281 g/mol. The topological polar surface area (TPSA) is 36.4 Å². The van der Waals surface area contributed by atoms with Gasteiger partial charge in [0.25, 0.3) is 0 Å². The Morgan fingerprint density at radius 1 is 1.24 bits per heavy atom. The predicted molar refractivity (Wildman–Crippen MR) is 85.5 cm³/mol. The maximum atomic E-state index is 11.7. The molecule has 4 nitrogen and oxygen atoms in total. The van der Waals surface area contributed by atoms with E-state index in [0.29, 0.717) is 0 Å². The number of piperazine rings is 1. The fraction of sp³-hybridized carbons (Fsp3) is 0.294. The summed E-state index contributed by atoms with van der Waals surface area (Å²) >= 11 is 0. The van der Waals surface area contributed by atoms with Crippen molar-refractivity contribution >= 4 is 22.5 Å². The number of hydrogen-bond donors (Lipinski definition) is 0. The van der Waals surface area contributed by atoms with Crippen LogP contribution in [0.4, 0.5) is 5.69 Å². The van der Waals surface area contributed by atoms with Crippen LogP contribution in [0.15, 0.2) is 43.0 Å². The van der Waals surface area contributed by atoms with Gasteiger partial charge in [0.1, 0.15) is 0 Å². The SMILES string of the molecule is C=CC(=O)N1CCN(c2cc(C)nc3ccccc23)CC1. The number of anilines is 1. The molecule has 108 valence electrons. The van der Waals surface area contributed by atoms with Crippen molar-refractivity contribution in [2.75, 3.05) is 31.1 Å². The van der Waals surface area contributed by atoms with Gasteiger partial charge in [0, 0.05) is 42.9 Å². The summed E-state index contributed by atoms with van der Waals surface area (Å²) < 4.78 is 0. The van der Waals surface area contributed by atoms with Crippen LogP contribution in [0.25, 0.3) is 10.9 Å². The summed E-state index contributed by atoms with van der Waals surface area (Å²) in [7, 11) is 0.